The molecule has 2 rings (SSSR count). The Labute approximate surface area is 106 Å². The molecule has 0 amide bonds. The van der Waals surface area contributed by atoms with E-state index in [1.54, 1.807) is 13.2 Å². The maximum atomic E-state index is 5.89. The van der Waals surface area contributed by atoms with Crippen LogP contribution >= 0.6 is 11.8 Å². The van der Waals surface area contributed by atoms with Crippen LogP contribution in [0.5, 0.6) is 5.88 Å². The maximum absolute atomic E-state index is 5.89. The van der Waals surface area contributed by atoms with Crippen molar-refractivity contribution in [2.24, 2.45) is 0 Å². The number of ether oxygens (including phenoxy) is 1. The highest BCUT2D eigenvalue weighted by Gasteiger charge is 2.35. The van der Waals surface area contributed by atoms with Crippen molar-refractivity contribution in [3.05, 3.63) is 12.1 Å². The average molecular weight is 253 g/mol. The van der Waals surface area contributed by atoms with Gasteiger partial charge < -0.3 is 15.8 Å². The van der Waals surface area contributed by atoms with Crippen LogP contribution in [0.2, 0.25) is 0 Å². The second kappa shape index (κ2) is 5.04. The lowest BCUT2D eigenvalue weighted by Gasteiger charge is -2.40. The van der Waals surface area contributed by atoms with E-state index in [2.05, 4.69) is 16.6 Å². The maximum Gasteiger partial charge on any atom is 0.215 e. The second-order valence-corrected chi connectivity index (χ2v) is 5.66. The molecule has 0 bridgehead atoms. The largest absolute Gasteiger partial charge is 0.481 e. The van der Waals surface area contributed by atoms with Gasteiger partial charge in [0.2, 0.25) is 5.88 Å². The number of hydrogen-bond donors (Lipinski definition) is 2. The summed E-state index contributed by atoms with van der Waals surface area (Å²) in [6, 6.07) is 3.59. The molecule has 0 aromatic carbocycles. The Balaban J connectivity index is 2.02. The molecular weight excluding hydrogens is 234 g/mol. The molecule has 3 N–H and O–H groups in total. The highest BCUT2D eigenvalue weighted by molar-refractivity contribution is 8.00. The SMILES string of the molecule is COc1ccc(N)c(NCC2(SC)CCC2)n1. The minimum atomic E-state index is 0.372. The first-order valence-corrected chi connectivity index (χ1v) is 7.01. The summed E-state index contributed by atoms with van der Waals surface area (Å²) in [4.78, 5) is 4.32. The first-order valence-electron chi connectivity index (χ1n) is 5.79. The smallest absolute Gasteiger partial charge is 0.215 e. The summed E-state index contributed by atoms with van der Waals surface area (Å²) < 4.78 is 5.47. The van der Waals surface area contributed by atoms with E-state index in [1.807, 2.05) is 17.8 Å². The molecule has 0 aliphatic heterocycles. The van der Waals surface area contributed by atoms with Crippen LogP contribution in [0.4, 0.5) is 11.5 Å². The van der Waals surface area contributed by atoms with E-state index in [-0.39, 0.29) is 0 Å². The van der Waals surface area contributed by atoms with E-state index < -0.39 is 0 Å². The van der Waals surface area contributed by atoms with E-state index in [1.165, 1.54) is 19.3 Å². The van der Waals surface area contributed by atoms with Crippen LogP contribution in [0.15, 0.2) is 12.1 Å². The van der Waals surface area contributed by atoms with Crippen molar-refractivity contribution in [1.82, 2.24) is 4.98 Å². The zero-order valence-corrected chi connectivity index (χ0v) is 11.1. The van der Waals surface area contributed by atoms with Crippen molar-refractivity contribution >= 4 is 23.3 Å². The van der Waals surface area contributed by atoms with Crippen molar-refractivity contribution in [1.29, 1.82) is 0 Å². The van der Waals surface area contributed by atoms with Gasteiger partial charge >= 0.3 is 0 Å². The van der Waals surface area contributed by atoms with Gasteiger partial charge in [0.05, 0.1) is 12.8 Å². The van der Waals surface area contributed by atoms with Gasteiger partial charge in [0, 0.05) is 17.4 Å². The number of rotatable bonds is 5. The lowest BCUT2D eigenvalue weighted by Crippen LogP contribution is -2.40. The first kappa shape index (κ1) is 12.4. The number of methoxy groups -OCH3 is 1. The molecule has 0 atom stereocenters. The molecule has 0 unspecified atom stereocenters. The number of hydrogen-bond acceptors (Lipinski definition) is 5. The number of nitrogen functional groups attached to an aromatic ring is 1. The Bertz CT molecular complexity index is 388. The van der Waals surface area contributed by atoms with Gasteiger partial charge in [0.25, 0.3) is 0 Å². The van der Waals surface area contributed by atoms with Crippen LogP contribution in [-0.2, 0) is 0 Å². The molecule has 5 heteroatoms. The van der Waals surface area contributed by atoms with Crippen LogP contribution in [0.3, 0.4) is 0 Å². The third kappa shape index (κ3) is 2.60. The molecule has 0 spiro atoms. The Morgan fingerprint density at radius 2 is 2.29 bits per heavy atom. The molecule has 4 nitrogen and oxygen atoms in total. The van der Waals surface area contributed by atoms with E-state index in [0.717, 1.165) is 12.4 Å². The summed E-state index contributed by atoms with van der Waals surface area (Å²) in [5, 5.41) is 3.34. The molecule has 1 heterocycles. The number of nitrogens with zero attached hydrogens (tertiary/aromatic N) is 1. The van der Waals surface area contributed by atoms with Gasteiger partial charge in [-0.15, -0.1) is 0 Å². The molecule has 1 fully saturated rings. The van der Waals surface area contributed by atoms with E-state index in [9.17, 15) is 0 Å². The molecule has 1 aromatic heterocycles. The molecule has 94 valence electrons. The van der Waals surface area contributed by atoms with Gasteiger partial charge in [-0.05, 0) is 25.2 Å². The van der Waals surface area contributed by atoms with Gasteiger partial charge in [-0.3, -0.25) is 0 Å². The molecule has 1 aliphatic carbocycles. The highest BCUT2D eigenvalue weighted by Crippen LogP contribution is 2.42. The lowest BCUT2D eigenvalue weighted by atomic mass is 9.84. The Morgan fingerprint density at radius 3 is 2.82 bits per heavy atom. The van der Waals surface area contributed by atoms with Crippen molar-refractivity contribution in [2.75, 3.05) is 31.0 Å². The first-order chi connectivity index (χ1) is 8.19. The van der Waals surface area contributed by atoms with Crippen molar-refractivity contribution in [3.63, 3.8) is 0 Å². The number of nitrogens with two attached hydrogens (primary N) is 1. The fourth-order valence-corrected chi connectivity index (χ4v) is 2.89. The number of anilines is 2. The fourth-order valence-electron chi connectivity index (χ4n) is 1.98. The molecule has 17 heavy (non-hydrogen) atoms. The van der Waals surface area contributed by atoms with Crippen LogP contribution in [0.25, 0.3) is 0 Å². The minimum absolute atomic E-state index is 0.372. The van der Waals surface area contributed by atoms with E-state index in [0.29, 0.717) is 16.3 Å². The van der Waals surface area contributed by atoms with Crippen molar-refractivity contribution in [3.8, 4) is 5.88 Å². The molecular formula is C12H19N3OS. The number of nitrogens with one attached hydrogen (secondary N) is 1. The highest BCUT2D eigenvalue weighted by atomic mass is 32.2. The van der Waals surface area contributed by atoms with Crippen LogP contribution < -0.4 is 15.8 Å². The third-order valence-electron chi connectivity index (χ3n) is 3.39. The summed E-state index contributed by atoms with van der Waals surface area (Å²) >= 11 is 1.93. The molecule has 0 saturated heterocycles. The number of aromatic nitrogens is 1. The minimum Gasteiger partial charge on any atom is -0.481 e. The summed E-state index contributed by atoms with van der Waals surface area (Å²) in [5.41, 5.74) is 6.56. The zero-order chi connectivity index (χ0) is 12.3. The Kier molecular flexibility index (Phi) is 3.66. The van der Waals surface area contributed by atoms with E-state index >= 15 is 0 Å². The van der Waals surface area contributed by atoms with Crippen LogP contribution in [0, 0.1) is 0 Å². The zero-order valence-electron chi connectivity index (χ0n) is 10.3. The van der Waals surface area contributed by atoms with Gasteiger partial charge in [-0.2, -0.15) is 16.7 Å². The predicted octanol–water partition coefficient (Wildman–Crippen LogP) is 2.37. The Morgan fingerprint density at radius 1 is 1.53 bits per heavy atom. The number of pyridine rings is 1. The molecule has 1 aromatic rings. The monoisotopic (exact) mass is 253 g/mol. The van der Waals surface area contributed by atoms with Gasteiger partial charge in [-0.1, -0.05) is 6.42 Å². The second-order valence-electron chi connectivity index (χ2n) is 4.39. The molecule has 0 radical (unpaired) electrons. The summed E-state index contributed by atoms with van der Waals surface area (Å²) in [7, 11) is 1.61. The van der Waals surface area contributed by atoms with E-state index in [4.69, 9.17) is 10.5 Å². The topological polar surface area (TPSA) is 60.2 Å². The predicted molar refractivity (Wildman–Crippen MR) is 73.8 cm³/mol. The third-order valence-corrected chi connectivity index (χ3v) is 4.80. The standard InChI is InChI=1S/C12H19N3OS/c1-16-10-5-4-9(13)11(15-10)14-8-12(17-2)6-3-7-12/h4-5H,3,6-8,13H2,1-2H3,(H,14,15). The van der Waals surface area contributed by atoms with Crippen molar-refractivity contribution < 1.29 is 4.74 Å². The molecule has 1 aliphatic rings. The van der Waals surface area contributed by atoms with Crippen molar-refractivity contribution in [2.45, 2.75) is 24.0 Å². The van der Waals surface area contributed by atoms with Gasteiger partial charge in [0.15, 0.2) is 5.82 Å². The van der Waals surface area contributed by atoms with Crippen LogP contribution in [0.1, 0.15) is 19.3 Å². The summed E-state index contributed by atoms with van der Waals surface area (Å²) in [5.74, 6) is 1.32. The lowest BCUT2D eigenvalue weighted by molar-refractivity contribution is 0.378. The fraction of sp³-hybridized carbons (Fsp3) is 0.583. The summed E-state index contributed by atoms with van der Waals surface area (Å²) in [6.07, 6.45) is 6.03. The quantitative estimate of drug-likeness (QED) is 0.843. The van der Waals surface area contributed by atoms with Crippen LogP contribution in [-0.4, -0.2) is 29.6 Å². The summed E-state index contributed by atoms with van der Waals surface area (Å²) in [6.45, 7) is 0.915. The molecule has 1 saturated carbocycles. The van der Waals surface area contributed by atoms with Gasteiger partial charge in [0.1, 0.15) is 0 Å². The normalized spacial score (nSPS) is 17.3. The average Bonchev–Trinajstić information content (AvgIpc) is 2.30. The Hall–Kier alpha value is -1.10. The number of thioether (sulfide) groups is 1. The van der Waals surface area contributed by atoms with Gasteiger partial charge in [-0.25, -0.2) is 0 Å².